The molecule has 0 spiro atoms. The molecule has 2 aromatic rings. The van der Waals surface area contributed by atoms with Gasteiger partial charge in [-0.2, -0.15) is 4.98 Å². The van der Waals surface area contributed by atoms with Gasteiger partial charge in [0.05, 0.1) is 17.1 Å². The Kier molecular flexibility index (Phi) is 5.87. The van der Waals surface area contributed by atoms with E-state index in [2.05, 4.69) is 26.7 Å². The summed E-state index contributed by atoms with van der Waals surface area (Å²) in [4.78, 5) is 21.0. The fourth-order valence-corrected chi connectivity index (χ4v) is 5.90. The van der Waals surface area contributed by atoms with Crippen LogP contribution in [0.1, 0.15) is 55.8 Å². The molecule has 0 radical (unpaired) electrons. The molecule has 0 bridgehead atoms. The van der Waals surface area contributed by atoms with Gasteiger partial charge in [0.1, 0.15) is 5.75 Å². The molecule has 2 fully saturated rings. The Bertz CT molecular complexity index is 1160. The minimum atomic E-state index is -3.73. The van der Waals surface area contributed by atoms with Crippen molar-refractivity contribution < 1.29 is 22.5 Å². The molecule has 0 unspecified atom stereocenters. The van der Waals surface area contributed by atoms with E-state index in [1.54, 1.807) is 13.0 Å². The summed E-state index contributed by atoms with van der Waals surface area (Å²) in [6, 6.07) is 3.39. The van der Waals surface area contributed by atoms with Gasteiger partial charge in [-0.3, -0.25) is 14.6 Å². The van der Waals surface area contributed by atoms with Crippen LogP contribution < -0.4 is 14.4 Å². The first kappa shape index (κ1) is 22.3. The van der Waals surface area contributed by atoms with E-state index in [0.29, 0.717) is 41.2 Å². The van der Waals surface area contributed by atoms with Gasteiger partial charge in [-0.05, 0) is 57.3 Å². The number of likely N-dealkylation sites (N-methyl/N-ethyl adjacent to an activating group) is 1. The average molecular weight is 476 g/mol. The molecule has 1 atom stereocenters. The largest absolute Gasteiger partial charge is 0.482 e. The van der Waals surface area contributed by atoms with Crippen molar-refractivity contribution in [2.45, 2.75) is 62.9 Å². The molecule has 33 heavy (non-hydrogen) atoms. The zero-order valence-corrected chi connectivity index (χ0v) is 19.7. The standard InChI is InChI=1S/C22H29N5O5S/c1-3-26-8-4-5-16(26)11-23-33(29,30)19-10-18-17(9-14(19)2)27(21(28)13-31-18)12-20-24-22(32-25-20)15-6-7-15/h9-10,15-16,23H,3-8,11-13H2,1-2H3/t16-/m0/s1. The number of carbonyl (C=O) groups is 1. The van der Waals surface area contributed by atoms with Crippen LogP contribution in [0.15, 0.2) is 21.6 Å². The number of ether oxygens (including phenoxy) is 1. The van der Waals surface area contributed by atoms with Gasteiger partial charge in [0.25, 0.3) is 5.91 Å². The Balaban J connectivity index is 1.36. The summed E-state index contributed by atoms with van der Waals surface area (Å²) in [6.07, 6.45) is 4.15. The molecular formula is C22H29N5O5S. The number of rotatable bonds is 8. The number of benzene rings is 1. The Hall–Kier alpha value is -2.50. The van der Waals surface area contributed by atoms with Gasteiger partial charge in [0, 0.05) is 24.6 Å². The molecule has 1 amide bonds. The van der Waals surface area contributed by atoms with Gasteiger partial charge < -0.3 is 9.26 Å². The van der Waals surface area contributed by atoms with Gasteiger partial charge in [0.2, 0.25) is 15.9 Å². The minimum Gasteiger partial charge on any atom is -0.482 e. The molecule has 2 aliphatic heterocycles. The molecule has 3 heterocycles. The van der Waals surface area contributed by atoms with E-state index < -0.39 is 10.0 Å². The van der Waals surface area contributed by atoms with Crippen molar-refractivity contribution in [2.24, 2.45) is 0 Å². The number of hydrogen-bond donors (Lipinski definition) is 1. The zero-order valence-electron chi connectivity index (χ0n) is 18.9. The van der Waals surface area contributed by atoms with Crippen LogP contribution in [0.5, 0.6) is 5.75 Å². The quantitative estimate of drug-likeness (QED) is 0.616. The number of sulfonamides is 1. The third-order valence-corrected chi connectivity index (χ3v) is 8.18. The SMILES string of the molecule is CCN1CCC[C@H]1CNS(=O)(=O)c1cc2c(cc1C)N(Cc1noc(C3CC3)n1)C(=O)CO2. The molecule has 11 heteroatoms. The zero-order chi connectivity index (χ0) is 23.2. The topological polar surface area (TPSA) is 118 Å². The van der Waals surface area contributed by atoms with Crippen molar-refractivity contribution in [3.05, 3.63) is 29.4 Å². The van der Waals surface area contributed by atoms with Crippen LogP contribution in [0.25, 0.3) is 0 Å². The highest BCUT2D eigenvalue weighted by Crippen LogP contribution is 2.40. The van der Waals surface area contributed by atoms with Crippen molar-refractivity contribution in [1.29, 1.82) is 0 Å². The number of fused-ring (bicyclic) bond motifs is 1. The van der Waals surface area contributed by atoms with Crippen LogP contribution in [-0.4, -0.2) is 61.6 Å². The first-order chi connectivity index (χ1) is 15.9. The second-order valence-electron chi connectivity index (χ2n) is 8.95. The van der Waals surface area contributed by atoms with Crippen molar-refractivity contribution in [3.8, 4) is 5.75 Å². The fourth-order valence-electron chi connectivity index (χ4n) is 4.59. The predicted molar refractivity (Wildman–Crippen MR) is 120 cm³/mol. The highest BCUT2D eigenvalue weighted by Gasteiger charge is 2.33. The van der Waals surface area contributed by atoms with E-state index in [1.807, 2.05) is 0 Å². The molecule has 178 valence electrons. The Labute approximate surface area is 193 Å². The number of anilines is 1. The van der Waals surface area contributed by atoms with Crippen molar-refractivity contribution in [1.82, 2.24) is 19.8 Å². The summed E-state index contributed by atoms with van der Waals surface area (Å²) in [7, 11) is -3.73. The number of nitrogens with zero attached hydrogens (tertiary/aromatic N) is 4. The third kappa shape index (κ3) is 4.49. The van der Waals surface area contributed by atoms with Crippen molar-refractivity contribution >= 4 is 21.6 Å². The summed E-state index contributed by atoms with van der Waals surface area (Å²) in [5.41, 5.74) is 1.04. The highest BCUT2D eigenvalue weighted by molar-refractivity contribution is 7.89. The third-order valence-electron chi connectivity index (χ3n) is 6.61. The van der Waals surface area contributed by atoms with Crippen LogP contribution in [0, 0.1) is 6.92 Å². The van der Waals surface area contributed by atoms with Crippen LogP contribution in [0.3, 0.4) is 0 Å². The second-order valence-corrected chi connectivity index (χ2v) is 10.7. The van der Waals surface area contributed by atoms with Gasteiger partial charge in [-0.1, -0.05) is 12.1 Å². The lowest BCUT2D eigenvalue weighted by Crippen LogP contribution is -2.40. The Morgan fingerprint density at radius 1 is 1.24 bits per heavy atom. The fraction of sp³-hybridized carbons (Fsp3) is 0.591. The summed E-state index contributed by atoms with van der Waals surface area (Å²) < 4.78 is 39.9. The maximum absolute atomic E-state index is 13.1. The van der Waals surface area contributed by atoms with E-state index in [0.717, 1.165) is 38.8 Å². The molecule has 1 aromatic carbocycles. The van der Waals surface area contributed by atoms with Crippen molar-refractivity contribution in [2.75, 3.05) is 31.1 Å². The number of aryl methyl sites for hydroxylation is 1. The first-order valence-corrected chi connectivity index (χ1v) is 13.0. The number of hydrogen-bond acceptors (Lipinski definition) is 8. The van der Waals surface area contributed by atoms with Gasteiger partial charge in [-0.25, -0.2) is 13.1 Å². The normalized spacial score (nSPS) is 21.3. The van der Waals surface area contributed by atoms with Crippen LogP contribution in [0.2, 0.25) is 0 Å². The maximum atomic E-state index is 13.1. The van der Waals surface area contributed by atoms with E-state index in [1.165, 1.54) is 11.0 Å². The number of amides is 1. The lowest BCUT2D eigenvalue weighted by Gasteiger charge is -2.29. The summed E-state index contributed by atoms with van der Waals surface area (Å²) in [5, 5.41) is 4.00. The van der Waals surface area contributed by atoms with E-state index in [4.69, 9.17) is 9.26 Å². The van der Waals surface area contributed by atoms with Gasteiger partial charge in [-0.15, -0.1) is 0 Å². The minimum absolute atomic E-state index is 0.143. The molecule has 1 saturated carbocycles. The van der Waals surface area contributed by atoms with E-state index in [-0.39, 0.29) is 30.0 Å². The predicted octanol–water partition coefficient (Wildman–Crippen LogP) is 1.94. The monoisotopic (exact) mass is 475 g/mol. The summed E-state index contributed by atoms with van der Waals surface area (Å²) >= 11 is 0. The van der Waals surface area contributed by atoms with Crippen molar-refractivity contribution in [3.63, 3.8) is 0 Å². The summed E-state index contributed by atoms with van der Waals surface area (Å²) in [6.45, 7) is 6.06. The highest BCUT2D eigenvalue weighted by atomic mass is 32.2. The molecule has 3 aliphatic rings. The van der Waals surface area contributed by atoms with E-state index in [9.17, 15) is 13.2 Å². The summed E-state index contributed by atoms with van der Waals surface area (Å²) in [5.74, 6) is 1.47. The van der Waals surface area contributed by atoms with Crippen LogP contribution in [0.4, 0.5) is 5.69 Å². The Morgan fingerprint density at radius 2 is 2.06 bits per heavy atom. The second kappa shape index (κ2) is 8.69. The average Bonchev–Trinajstić information content (AvgIpc) is 3.36. The Morgan fingerprint density at radius 3 is 2.82 bits per heavy atom. The maximum Gasteiger partial charge on any atom is 0.265 e. The smallest absolute Gasteiger partial charge is 0.265 e. The van der Waals surface area contributed by atoms with E-state index >= 15 is 0 Å². The van der Waals surface area contributed by atoms with Gasteiger partial charge in [0.15, 0.2) is 12.4 Å². The molecule has 5 rings (SSSR count). The number of likely N-dealkylation sites (tertiary alicyclic amines) is 1. The van der Waals surface area contributed by atoms with Crippen LogP contribution >= 0.6 is 0 Å². The molecule has 1 N–H and O–H groups in total. The molecular weight excluding hydrogens is 446 g/mol. The first-order valence-electron chi connectivity index (χ1n) is 11.5. The molecule has 10 nitrogen and oxygen atoms in total. The molecule has 1 saturated heterocycles. The lowest BCUT2D eigenvalue weighted by atomic mass is 10.1. The number of nitrogens with one attached hydrogen (secondary N) is 1. The lowest BCUT2D eigenvalue weighted by molar-refractivity contribution is -0.121. The molecule has 1 aromatic heterocycles. The number of carbonyl (C=O) groups excluding carboxylic acids is 1. The van der Waals surface area contributed by atoms with Crippen LogP contribution in [-0.2, 0) is 21.4 Å². The number of aromatic nitrogens is 2. The molecule has 1 aliphatic carbocycles. The van der Waals surface area contributed by atoms with Gasteiger partial charge >= 0.3 is 0 Å².